The Morgan fingerprint density at radius 3 is 2.54 bits per heavy atom. The maximum absolute atomic E-state index is 12.2. The van der Waals surface area contributed by atoms with Crippen molar-refractivity contribution in [2.75, 3.05) is 34.4 Å². The molecule has 0 spiro atoms. The van der Waals surface area contributed by atoms with Gasteiger partial charge in [0.25, 0.3) is 0 Å². The third-order valence-electron chi connectivity index (χ3n) is 4.96. The number of ether oxygens (including phenoxy) is 2. The molecule has 0 N–H and O–H groups in total. The molecule has 0 bridgehead atoms. The Bertz CT molecular complexity index is 634. The van der Waals surface area contributed by atoms with Gasteiger partial charge in [-0.1, -0.05) is 26.0 Å². The Morgan fingerprint density at radius 2 is 2.00 bits per heavy atom. The molecule has 0 fully saturated rings. The van der Waals surface area contributed by atoms with Gasteiger partial charge in [-0.15, -0.1) is 0 Å². The summed E-state index contributed by atoms with van der Waals surface area (Å²) in [6.45, 7) is 6.96. The summed E-state index contributed by atoms with van der Waals surface area (Å²) < 4.78 is 10.5. The first-order valence-corrected chi connectivity index (χ1v) is 9.08. The number of hydrogen-bond donors (Lipinski definition) is 0. The molecule has 0 aliphatic rings. The molecule has 0 saturated heterocycles. The van der Waals surface area contributed by atoms with Crippen molar-refractivity contribution >= 4 is 5.97 Å². The van der Waals surface area contributed by atoms with Crippen LogP contribution < -0.4 is 4.74 Å². The molecule has 0 aromatic heterocycles. The van der Waals surface area contributed by atoms with Crippen LogP contribution in [0.3, 0.4) is 0 Å². The SMILES string of the molecule is CCOC(=O)CC(C)(C)C(C#N)(CCCN(C)C)c1cccc(OC)c1. The van der Waals surface area contributed by atoms with Crippen molar-refractivity contribution in [3.05, 3.63) is 29.8 Å². The van der Waals surface area contributed by atoms with Gasteiger partial charge in [-0.3, -0.25) is 4.79 Å². The minimum Gasteiger partial charge on any atom is -0.497 e. The van der Waals surface area contributed by atoms with Gasteiger partial charge in [0, 0.05) is 0 Å². The fourth-order valence-corrected chi connectivity index (χ4v) is 3.42. The summed E-state index contributed by atoms with van der Waals surface area (Å²) in [6, 6.07) is 10.2. The molecule has 0 amide bonds. The molecular formula is C21H32N2O3. The van der Waals surface area contributed by atoms with E-state index in [1.165, 1.54) is 0 Å². The number of hydrogen-bond acceptors (Lipinski definition) is 5. The summed E-state index contributed by atoms with van der Waals surface area (Å²) in [7, 11) is 5.65. The molecular weight excluding hydrogens is 328 g/mol. The first-order valence-electron chi connectivity index (χ1n) is 9.08. The molecule has 0 aliphatic heterocycles. The number of rotatable bonds is 10. The van der Waals surface area contributed by atoms with Crippen LogP contribution in [0.5, 0.6) is 5.75 Å². The zero-order valence-corrected chi connectivity index (χ0v) is 17.0. The molecule has 26 heavy (non-hydrogen) atoms. The quantitative estimate of drug-likeness (QED) is 0.594. The van der Waals surface area contributed by atoms with Crippen LogP contribution in [0.2, 0.25) is 0 Å². The van der Waals surface area contributed by atoms with Crippen LogP contribution in [0.1, 0.15) is 45.6 Å². The molecule has 0 saturated carbocycles. The van der Waals surface area contributed by atoms with Gasteiger partial charge < -0.3 is 14.4 Å². The predicted molar refractivity (Wildman–Crippen MR) is 103 cm³/mol. The third kappa shape index (κ3) is 5.22. The van der Waals surface area contributed by atoms with E-state index in [2.05, 4.69) is 11.0 Å². The highest BCUT2D eigenvalue weighted by Crippen LogP contribution is 2.48. The Hall–Kier alpha value is -2.06. The lowest BCUT2D eigenvalue weighted by Crippen LogP contribution is -2.43. The molecule has 144 valence electrons. The highest BCUT2D eigenvalue weighted by atomic mass is 16.5. The second-order valence-corrected chi connectivity index (χ2v) is 7.52. The van der Waals surface area contributed by atoms with Crippen LogP contribution in [0.4, 0.5) is 0 Å². The fraction of sp³-hybridized carbons (Fsp3) is 0.619. The largest absolute Gasteiger partial charge is 0.497 e. The molecule has 5 heteroatoms. The molecule has 1 rings (SSSR count). The van der Waals surface area contributed by atoms with E-state index in [0.29, 0.717) is 18.8 Å². The Morgan fingerprint density at radius 1 is 1.31 bits per heavy atom. The number of benzene rings is 1. The Balaban J connectivity index is 3.33. The Kier molecular flexibility index (Phi) is 8.10. The number of nitriles is 1. The summed E-state index contributed by atoms with van der Waals surface area (Å²) in [5.41, 5.74) is -0.524. The highest BCUT2D eigenvalue weighted by molar-refractivity contribution is 5.70. The second kappa shape index (κ2) is 9.59. The lowest BCUT2D eigenvalue weighted by Gasteiger charge is -2.42. The topological polar surface area (TPSA) is 62.6 Å². The summed E-state index contributed by atoms with van der Waals surface area (Å²) in [6.07, 6.45) is 1.69. The normalized spacial score (nSPS) is 13.8. The predicted octanol–water partition coefficient (Wildman–Crippen LogP) is 3.78. The van der Waals surface area contributed by atoms with Crippen LogP contribution in [0.15, 0.2) is 24.3 Å². The van der Waals surface area contributed by atoms with Gasteiger partial charge in [-0.25, -0.2) is 0 Å². The summed E-state index contributed by atoms with van der Waals surface area (Å²) in [4.78, 5) is 14.3. The first kappa shape index (κ1) is 22.0. The molecule has 1 aromatic carbocycles. The molecule has 0 radical (unpaired) electrons. The van der Waals surface area contributed by atoms with Crippen molar-refractivity contribution in [1.29, 1.82) is 5.26 Å². The minimum atomic E-state index is -0.815. The maximum atomic E-state index is 12.2. The zero-order valence-electron chi connectivity index (χ0n) is 17.0. The molecule has 0 heterocycles. The van der Waals surface area contributed by atoms with Crippen LogP contribution in [0, 0.1) is 16.7 Å². The molecule has 0 aliphatic carbocycles. The van der Waals surface area contributed by atoms with Crippen LogP contribution in [0.25, 0.3) is 0 Å². The van der Waals surface area contributed by atoms with E-state index in [1.54, 1.807) is 14.0 Å². The van der Waals surface area contributed by atoms with E-state index in [4.69, 9.17) is 9.47 Å². The average Bonchev–Trinajstić information content (AvgIpc) is 2.58. The monoisotopic (exact) mass is 360 g/mol. The van der Waals surface area contributed by atoms with Crippen molar-refractivity contribution in [1.82, 2.24) is 4.90 Å². The van der Waals surface area contributed by atoms with Crippen molar-refractivity contribution in [2.45, 2.75) is 45.4 Å². The van der Waals surface area contributed by atoms with Crippen LogP contribution in [-0.4, -0.2) is 45.2 Å². The standard InChI is InChI=1S/C21H32N2O3/c1-7-26-19(24)15-20(2,3)21(16-22,12-9-13-23(4)5)17-10-8-11-18(14-17)25-6/h8,10-11,14H,7,9,12-13,15H2,1-6H3. The third-order valence-corrected chi connectivity index (χ3v) is 4.96. The van der Waals surface area contributed by atoms with Gasteiger partial charge in [-0.2, -0.15) is 5.26 Å². The molecule has 1 aromatic rings. The highest BCUT2D eigenvalue weighted by Gasteiger charge is 2.48. The van der Waals surface area contributed by atoms with Gasteiger partial charge in [0.1, 0.15) is 5.75 Å². The second-order valence-electron chi connectivity index (χ2n) is 7.52. The number of nitrogens with zero attached hydrogens (tertiary/aromatic N) is 2. The first-order chi connectivity index (χ1) is 12.2. The molecule has 1 unspecified atom stereocenters. The van der Waals surface area contributed by atoms with E-state index in [9.17, 15) is 10.1 Å². The fourth-order valence-electron chi connectivity index (χ4n) is 3.42. The molecule has 5 nitrogen and oxygen atoms in total. The summed E-state index contributed by atoms with van der Waals surface area (Å²) >= 11 is 0. The van der Waals surface area contributed by atoms with Crippen molar-refractivity contribution in [3.63, 3.8) is 0 Å². The summed E-state index contributed by atoms with van der Waals surface area (Å²) in [5.74, 6) is 0.439. The van der Waals surface area contributed by atoms with Crippen LogP contribution in [-0.2, 0) is 14.9 Å². The van der Waals surface area contributed by atoms with E-state index in [0.717, 1.165) is 18.5 Å². The number of carbonyl (C=O) groups excluding carboxylic acids is 1. The Labute approximate surface area is 157 Å². The van der Waals surface area contributed by atoms with E-state index < -0.39 is 10.8 Å². The zero-order chi connectivity index (χ0) is 19.8. The van der Waals surface area contributed by atoms with Gasteiger partial charge >= 0.3 is 5.97 Å². The van der Waals surface area contributed by atoms with Gasteiger partial charge in [0.15, 0.2) is 0 Å². The maximum Gasteiger partial charge on any atom is 0.306 e. The number of carbonyl (C=O) groups is 1. The van der Waals surface area contributed by atoms with Gasteiger partial charge in [-0.05, 0) is 63.5 Å². The van der Waals surface area contributed by atoms with Crippen molar-refractivity contribution in [3.8, 4) is 11.8 Å². The van der Waals surface area contributed by atoms with Gasteiger partial charge in [0.2, 0.25) is 0 Å². The lowest BCUT2D eigenvalue weighted by atomic mass is 9.59. The van der Waals surface area contributed by atoms with Crippen molar-refractivity contribution < 1.29 is 14.3 Å². The number of esters is 1. The number of methoxy groups -OCH3 is 1. The minimum absolute atomic E-state index is 0.188. The van der Waals surface area contributed by atoms with E-state index >= 15 is 0 Å². The van der Waals surface area contributed by atoms with Crippen molar-refractivity contribution in [2.24, 2.45) is 5.41 Å². The average molecular weight is 360 g/mol. The van der Waals surface area contributed by atoms with E-state index in [1.807, 2.05) is 52.2 Å². The lowest BCUT2D eigenvalue weighted by molar-refractivity contribution is -0.146. The van der Waals surface area contributed by atoms with Gasteiger partial charge in [0.05, 0.1) is 31.6 Å². The smallest absolute Gasteiger partial charge is 0.306 e. The summed E-state index contributed by atoms with van der Waals surface area (Å²) in [5, 5.41) is 10.3. The molecule has 1 atom stereocenters. The van der Waals surface area contributed by atoms with E-state index in [-0.39, 0.29) is 12.4 Å². The van der Waals surface area contributed by atoms with Crippen LogP contribution >= 0.6 is 0 Å².